The molecule has 0 fully saturated rings. The van der Waals surface area contributed by atoms with Gasteiger partial charge in [-0.15, -0.1) is 0 Å². The van der Waals surface area contributed by atoms with Gasteiger partial charge < -0.3 is 9.80 Å². The maximum Gasteiger partial charge on any atom is 0.133 e. The molecule has 2 aliphatic carbocycles. The molecule has 7 aromatic carbocycles. The van der Waals surface area contributed by atoms with E-state index in [4.69, 9.17) is 4.98 Å². The van der Waals surface area contributed by atoms with E-state index in [0.717, 1.165) is 29.3 Å². The van der Waals surface area contributed by atoms with Crippen LogP contribution in [0.4, 0.5) is 28.6 Å². The third-order valence-electron chi connectivity index (χ3n) is 11.9. The summed E-state index contributed by atoms with van der Waals surface area (Å²) in [6, 6.07) is 55.4. The molecule has 0 saturated heterocycles. The van der Waals surface area contributed by atoms with E-state index in [1.807, 2.05) is 12.3 Å². The topological polar surface area (TPSA) is 19.4 Å². The molecule has 0 spiro atoms. The van der Waals surface area contributed by atoms with Gasteiger partial charge in [-0.05, 0) is 122 Å². The van der Waals surface area contributed by atoms with Crippen molar-refractivity contribution >= 4 is 72.0 Å². The predicted octanol–water partition coefficient (Wildman–Crippen LogP) is 14.3. The maximum atomic E-state index is 5.04. The van der Waals surface area contributed by atoms with Crippen LogP contribution in [0.1, 0.15) is 55.9 Å². The van der Waals surface area contributed by atoms with Gasteiger partial charge in [0.25, 0.3) is 0 Å². The molecule has 272 valence electrons. The van der Waals surface area contributed by atoms with Gasteiger partial charge in [0.1, 0.15) is 5.82 Å². The van der Waals surface area contributed by atoms with Gasteiger partial charge >= 0.3 is 0 Å². The van der Waals surface area contributed by atoms with Crippen LogP contribution in [0.15, 0.2) is 170 Å². The highest BCUT2D eigenvalue weighted by Gasteiger charge is 2.36. The second-order valence-corrected chi connectivity index (χ2v) is 15.9. The molecule has 2 aliphatic rings. The van der Waals surface area contributed by atoms with Crippen LogP contribution in [0.2, 0.25) is 0 Å². The van der Waals surface area contributed by atoms with Gasteiger partial charge in [0, 0.05) is 28.3 Å². The van der Waals surface area contributed by atoms with Crippen LogP contribution >= 0.6 is 0 Å². The summed E-state index contributed by atoms with van der Waals surface area (Å²) >= 11 is 0. The lowest BCUT2D eigenvalue weighted by Crippen LogP contribution is -2.35. The summed E-state index contributed by atoms with van der Waals surface area (Å²) in [6.07, 6.45) is 7.87. The Morgan fingerprint density at radius 1 is 0.589 bits per heavy atom. The van der Waals surface area contributed by atoms with Crippen molar-refractivity contribution in [3.63, 3.8) is 0 Å². The van der Waals surface area contributed by atoms with E-state index in [1.165, 1.54) is 71.4 Å². The van der Waals surface area contributed by atoms with Gasteiger partial charge in [-0.2, -0.15) is 0 Å². The first-order chi connectivity index (χ1) is 27.5. The van der Waals surface area contributed by atoms with Gasteiger partial charge in [0.15, 0.2) is 0 Å². The van der Waals surface area contributed by atoms with E-state index in [0.29, 0.717) is 11.8 Å². The van der Waals surface area contributed by atoms with Crippen LogP contribution in [-0.4, -0.2) is 11.0 Å². The molecule has 0 aliphatic heterocycles. The molecule has 8 aromatic rings. The number of hydrogen-bond donors (Lipinski definition) is 0. The largest absolute Gasteiger partial charge is 0.315 e. The number of allylic oxidation sites excluding steroid dienone is 2. The second kappa shape index (κ2) is 13.7. The number of fused-ring (bicyclic) bond motifs is 2. The minimum atomic E-state index is -0.0590. The van der Waals surface area contributed by atoms with Crippen LogP contribution in [0.5, 0.6) is 0 Å². The van der Waals surface area contributed by atoms with E-state index in [2.05, 4.69) is 195 Å². The van der Waals surface area contributed by atoms with Crippen LogP contribution in [-0.2, 0) is 6.42 Å². The van der Waals surface area contributed by atoms with Gasteiger partial charge in [-0.1, -0.05) is 143 Å². The predicted molar refractivity (Wildman–Crippen MR) is 239 cm³/mol. The lowest BCUT2D eigenvalue weighted by molar-refractivity contribution is 0.829. The monoisotopic (exact) mass is 723 g/mol. The summed E-state index contributed by atoms with van der Waals surface area (Å²) in [4.78, 5) is 10.0. The molecule has 1 heterocycles. The van der Waals surface area contributed by atoms with E-state index in [9.17, 15) is 0 Å². The number of para-hydroxylation sites is 1. The van der Waals surface area contributed by atoms with Crippen LogP contribution in [0, 0.1) is 5.92 Å². The summed E-state index contributed by atoms with van der Waals surface area (Å²) in [5.74, 6) is 1.61. The Balaban J connectivity index is 1.26. The Labute approximate surface area is 329 Å². The number of nitrogens with zero attached hydrogens (tertiary/aromatic N) is 3. The maximum absolute atomic E-state index is 5.04. The zero-order chi connectivity index (χ0) is 37.9. The van der Waals surface area contributed by atoms with E-state index in [1.54, 1.807) is 0 Å². The third-order valence-corrected chi connectivity index (χ3v) is 11.9. The Kier molecular flexibility index (Phi) is 8.33. The highest BCUT2D eigenvalue weighted by atomic mass is 15.2. The SMILES string of the molecule is CC(C)C1=CC(N(c2ccccn2)c2cccc3ccccc23)C2=CCc3c(C(C)C)cc(N(c4ccccc4)c4ccc5ccccc5c4)c4ccc1c2c34. The normalized spacial score (nSPS) is 14.7. The fraction of sp³-hybridized carbons (Fsp3) is 0.151. The summed E-state index contributed by atoms with van der Waals surface area (Å²) in [7, 11) is 0. The Morgan fingerprint density at radius 2 is 1.34 bits per heavy atom. The van der Waals surface area contributed by atoms with Crippen molar-refractivity contribution in [2.75, 3.05) is 9.80 Å². The first-order valence-electron chi connectivity index (χ1n) is 20.0. The number of rotatable bonds is 8. The number of aromatic nitrogens is 1. The fourth-order valence-electron chi connectivity index (χ4n) is 9.35. The molecule has 10 rings (SSSR count). The van der Waals surface area contributed by atoms with Crippen LogP contribution in [0.3, 0.4) is 0 Å². The molecule has 0 saturated carbocycles. The fourth-order valence-corrected chi connectivity index (χ4v) is 9.35. The second-order valence-electron chi connectivity index (χ2n) is 15.9. The van der Waals surface area contributed by atoms with Crippen molar-refractivity contribution < 1.29 is 0 Å². The van der Waals surface area contributed by atoms with Crippen LogP contribution in [0.25, 0.3) is 43.5 Å². The number of pyridine rings is 1. The van der Waals surface area contributed by atoms with E-state index >= 15 is 0 Å². The molecule has 3 nitrogen and oxygen atoms in total. The van der Waals surface area contributed by atoms with Crippen molar-refractivity contribution in [1.29, 1.82) is 0 Å². The van der Waals surface area contributed by atoms with Crippen molar-refractivity contribution in [3.8, 4) is 0 Å². The van der Waals surface area contributed by atoms with Gasteiger partial charge in [-0.25, -0.2) is 4.98 Å². The molecule has 0 radical (unpaired) electrons. The van der Waals surface area contributed by atoms with Crippen molar-refractivity contribution in [2.45, 2.75) is 46.1 Å². The van der Waals surface area contributed by atoms with E-state index in [-0.39, 0.29) is 6.04 Å². The third kappa shape index (κ3) is 5.53. The zero-order valence-corrected chi connectivity index (χ0v) is 32.4. The molecule has 1 atom stereocenters. The highest BCUT2D eigenvalue weighted by Crippen LogP contribution is 2.52. The minimum absolute atomic E-state index is 0.0590. The zero-order valence-electron chi connectivity index (χ0n) is 32.4. The average Bonchev–Trinajstić information content (AvgIpc) is 3.24. The van der Waals surface area contributed by atoms with Crippen molar-refractivity contribution in [1.82, 2.24) is 4.98 Å². The lowest BCUT2D eigenvalue weighted by Gasteiger charge is -2.40. The lowest BCUT2D eigenvalue weighted by atomic mass is 9.72. The smallest absolute Gasteiger partial charge is 0.133 e. The summed E-state index contributed by atoms with van der Waals surface area (Å²) in [6.45, 7) is 9.39. The molecular weight excluding hydrogens is 679 g/mol. The Bertz CT molecular complexity index is 2840. The quantitative estimate of drug-likeness (QED) is 0.156. The standard InChI is InChI=1S/C53H45N3/c1-34(2)46-32-49(55(39-19-6-5-7-20-39)40-25-24-36-15-8-9-17-38(36)31-40)44-28-26-43-47(35(3)4)33-50(45-29-27-42(46)52(44)53(43)45)56(51-23-12-13-30-54-51)48-22-14-18-37-16-10-11-21-41(37)48/h5-26,28-35,50H,27H2,1-4H3. The van der Waals surface area contributed by atoms with E-state index < -0.39 is 0 Å². The summed E-state index contributed by atoms with van der Waals surface area (Å²) in [5, 5.41) is 7.59. The molecule has 0 bridgehead atoms. The Hall–Kier alpha value is -6.45. The number of anilines is 5. The first kappa shape index (κ1) is 34.1. The molecule has 1 aromatic heterocycles. The van der Waals surface area contributed by atoms with Gasteiger partial charge in [0.05, 0.1) is 17.4 Å². The Morgan fingerprint density at radius 3 is 2.12 bits per heavy atom. The number of hydrogen-bond acceptors (Lipinski definition) is 3. The molecule has 56 heavy (non-hydrogen) atoms. The number of benzene rings is 7. The molecule has 0 amide bonds. The van der Waals surface area contributed by atoms with Gasteiger partial charge in [-0.3, -0.25) is 0 Å². The molecule has 1 unspecified atom stereocenters. The minimum Gasteiger partial charge on any atom is -0.315 e. The van der Waals surface area contributed by atoms with Gasteiger partial charge in [0.2, 0.25) is 0 Å². The van der Waals surface area contributed by atoms with Crippen molar-refractivity contribution in [2.24, 2.45) is 5.92 Å². The first-order valence-corrected chi connectivity index (χ1v) is 20.0. The average molecular weight is 724 g/mol. The van der Waals surface area contributed by atoms with Crippen molar-refractivity contribution in [3.05, 3.63) is 192 Å². The summed E-state index contributed by atoms with van der Waals surface area (Å²) in [5.41, 5.74) is 13.0. The molecule has 0 N–H and O–H groups in total. The van der Waals surface area contributed by atoms with Crippen LogP contribution < -0.4 is 9.80 Å². The molecular formula is C53H45N3. The molecule has 3 heteroatoms. The highest BCUT2D eigenvalue weighted by molar-refractivity contribution is 6.13. The summed E-state index contributed by atoms with van der Waals surface area (Å²) < 4.78 is 0.